The lowest BCUT2D eigenvalue weighted by atomic mass is 9.96. The van der Waals surface area contributed by atoms with Crippen LogP contribution in [0.1, 0.15) is 44.6 Å². The van der Waals surface area contributed by atoms with Crippen LogP contribution < -0.4 is 5.32 Å². The Balaban J connectivity index is 1.48. The van der Waals surface area contributed by atoms with Crippen molar-refractivity contribution >= 4 is 15.9 Å². The average Bonchev–Trinajstić information content (AvgIpc) is 2.70. The van der Waals surface area contributed by atoms with E-state index in [2.05, 4.69) is 17.1 Å². The van der Waals surface area contributed by atoms with E-state index in [1.165, 1.54) is 10.7 Å². The number of amides is 1. The molecule has 156 valence electrons. The summed E-state index contributed by atoms with van der Waals surface area (Å²) in [4.78, 5) is 15.4. The minimum absolute atomic E-state index is 0.0851. The average molecular weight is 408 g/mol. The van der Waals surface area contributed by atoms with Crippen LogP contribution in [0.15, 0.2) is 29.2 Å². The summed E-state index contributed by atoms with van der Waals surface area (Å²) < 4.78 is 27.1. The van der Waals surface area contributed by atoms with Gasteiger partial charge < -0.3 is 10.2 Å². The zero-order valence-electron chi connectivity index (χ0n) is 17.1. The lowest BCUT2D eigenvalue weighted by Gasteiger charge is -2.34. The zero-order chi connectivity index (χ0) is 20.1. The minimum atomic E-state index is -3.47. The lowest BCUT2D eigenvalue weighted by molar-refractivity contribution is -0.127. The number of piperidine rings is 2. The van der Waals surface area contributed by atoms with Crippen LogP contribution in [0.25, 0.3) is 0 Å². The van der Waals surface area contributed by atoms with Crippen LogP contribution in [0.2, 0.25) is 0 Å². The van der Waals surface area contributed by atoms with Gasteiger partial charge in [0.25, 0.3) is 0 Å². The van der Waals surface area contributed by atoms with Crippen LogP contribution in [-0.2, 0) is 14.8 Å². The van der Waals surface area contributed by atoms with Crippen LogP contribution >= 0.6 is 0 Å². The third-order valence-corrected chi connectivity index (χ3v) is 7.87. The fourth-order valence-corrected chi connectivity index (χ4v) is 5.62. The predicted molar refractivity (Wildman–Crippen MR) is 111 cm³/mol. The quantitative estimate of drug-likeness (QED) is 0.786. The monoisotopic (exact) mass is 407 g/mol. The van der Waals surface area contributed by atoms with Gasteiger partial charge in [0.1, 0.15) is 0 Å². The number of benzene rings is 1. The van der Waals surface area contributed by atoms with Crippen molar-refractivity contribution in [2.45, 2.75) is 56.9 Å². The lowest BCUT2D eigenvalue weighted by Crippen LogP contribution is -2.48. The van der Waals surface area contributed by atoms with Crippen LogP contribution in [0.4, 0.5) is 0 Å². The Labute approximate surface area is 169 Å². The van der Waals surface area contributed by atoms with Gasteiger partial charge in [-0.2, -0.15) is 4.31 Å². The first-order valence-corrected chi connectivity index (χ1v) is 11.9. The van der Waals surface area contributed by atoms with Crippen LogP contribution in [-0.4, -0.2) is 62.3 Å². The molecule has 2 saturated heterocycles. The van der Waals surface area contributed by atoms with Crippen LogP contribution in [0, 0.1) is 12.8 Å². The molecule has 0 bridgehead atoms. The molecule has 28 heavy (non-hydrogen) atoms. The third kappa shape index (κ3) is 5.13. The molecule has 2 aliphatic rings. The van der Waals surface area contributed by atoms with Crippen molar-refractivity contribution in [3.8, 4) is 0 Å². The number of nitrogens with one attached hydrogen (secondary N) is 1. The van der Waals surface area contributed by atoms with E-state index in [9.17, 15) is 13.2 Å². The molecule has 0 unspecified atom stereocenters. The molecule has 0 aliphatic carbocycles. The van der Waals surface area contributed by atoms with Gasteiger partial charge in [0.2, 0.25) is 15.9 Å². The molecule has 0 aromatic heterocycles. The maximum atomic E-state index is 12.8. The first-order valence-electron chi connectivity index (χ1n) is 10.5. The van der Waals surface area contributed by atoms with E-state index in [1.54, 1.807) is 12.1 Å². The van der Waals surface area contributed by atoms with Gasteiger partial charge in [-0.15, -0.1) is 0 Å². The number of sulfonamides is 1. The van der Waals surface area contributed by atoms with Crippen molar-refractivity contribution < 1.29 is 13.2 Å². The summed E-state index contributed by atoms with van der Waals surface area (Å²) in [5.74, 6) is 0.0134. The van der Waals surface area contributed by atoms with E-state index in [1.807, 2.05) is 19.1 Å². The Hall–Kier alpha value is -1.44. The largest absolute Gasteiger partial charge is 0.353 e. The summed E-state index contributed by atoms with van der Waals surface area (Å²) in [6, 6.07) is 7.22. The standard InChI is InChI=1S/C21H33N3O3S/c1-3-12-23-13-10-19(11-14-23)22-21(25)18-8-15-24(16-9-18)28(26,27)20-6-4-17(2)5-7-20/h4-7,18-19H,3,8-16H2,1-2H3,(H,22,25). The first kappa shape index (κ1) is 21.3. The van der Waals surface area contributed by atoms with Gasteiger partial charge >= 0.3 is 0 Å². The zero-order valence-corrected chi connectivity index (χ0v) is 17.9. The molecule has 1 aromatic carbocycles. The molecule has 0 radical (unpaired) electrons. The number of aryl methyl sites for hydroxylation is 1. The highest BCUT2D eigenvalue weighted by Crippen LogP contribution is 2.24. The van der Waals surface area contributed by atoms with Gasteiger partial charge in [0.15, 0.2) is 0 Å². The molecule has 2 aliphatic heterocycles. The van der Waals surface area contributed by atoms with E-state index >= 15 is 0 Å². The molecule has 1 aromatic rings. The highest BCUT2D eigenvalue weighted by molar-refractivity contribution is 7.89. The van der Waals surface area contributed by atoms with E-state index < -0.39 is 10.0 Å². The molecule has 1 amide bonds. The second-order valence-electron chi connectivity index (χ2n) is 8.12. The Morgan fingerprint density at radius 1 is 1.04 bits per heavy atom. The molecule has 0 saturated carbocycles. The van der Waals surface area contributed by atoms with E-state index in [4.69, 9.17) is 0 Å². The van der Waals surface area contributed by atoms with Crippen LogP contribution in [0.5, 0.6) is 0 Å². The Morgan fingerprint density at radius 2 is 1.64 bits per heavy atom. The fourth-order valence-electron chi connectivity index (χ4n) is 4.15. The van der Waals surface area contributed by atoms with Gasteiger partial charge in [-0.25, -0.2) is 8.42 Å². The number of carbonyl (C=O) groups is 1. The van der Waals surface area contributed by atoms with Crippen molar-refractivity contribution in [1.82, 2.24) is 14.5 Å². The molecular formula is C21H33N3O3S. The number of hydrogen-bond donors (Lipinski definition) is 1. The van der Waals surface area contributed by atoms with Gasteiger partial charge in [-0.1, -0.05) is 24.6 Å². The molecule has 3 rings (SSSR count). The normalized spacial score (nSPS) is 20.9. The summed E-state index contributed by atoms with van der Waals surface area (Å²) in [6.45, 7) is 8.17. The highest BCUT2D eigenvalue weighted by atomic mass is 32.2. The summed E-state index contributed by atoms with van der Waals surface area (Å²) >= 11 is 0. The molecular weight excluding hydrogens is 374 g/mol. The molecule has 0 atom stereocenters. The van der Waals surface area contributed by atoms with E-state index in [0.717, 1.165) is 38.0 Å². The van der Waals surface area contributed by atoms with Crippen molar-refractivity contribution in [2.24, 2.45) is 5.92 Å². The van der Waals surface area contributed by atoms with E-state index in [-0.39, 0.29) is 17.9 Å². The molecule has 2 fully saturated rings. The van der Waals surface area contributed by atoms with Gasteiger partial charge in [-0.3, -0.25) is 4.79 Å². The van der Waals surface area contributed by atoms with Gasteiger partial charge in [0, 0.05) is 38.1 Å². The molecule has 6 nitrogen and oxygen atoms in total. The first-order chi connectivity index (χ1) is 13.4. The summed E-state index contributed by atoms with van der Waals surface area (Å²) in [5.41, 5.74) is 1.04. The number of rotatable bonds is 6. The molecule has 0 spiro atoms. The number of hydrogen-bond acceptors (Lipinski definition) is 4. The Morgan fingerprint density at radius 3 is 2.21 bits per heavy atom. The summed E-state index contributed by atoms with van der Waals surface area (Å²) in [5, 5.41) is 3.21. The van der Waals surface area contributed by atoms with E-state index in [0.29, 0.717) is 30.8 Å². The predicted octanol–water partition coefficient (Wildman–Crippen LogP) is 2.39. The van der Waals surface area contributed by atoms with Crippen LogP contribution in [0.3, 0.4) is 0 Å². The number of carbonyl (C=O) groups excluding carboxylic acids is 1. The molecule has 2 heterocycles. The Kier molecular flexibility index (Phi) is 7.12. The van der Waals surface area contributed by atoms with Crippen molar-refractivity contribution in [3.05, 3.63) is 29.8 Å². The highest BCUT2D eigenvalue weighted by Gasteiger charge is 2.33. The molecule has 1 N–H and O–H groups in total. The van der Waals surface area contributed by atoms with Gasteiger partial charge in [-0.05, 0) is 57.7 Å². The SMILES string of the molecule is CCCN1CCC(NC(=O)C2CCN(S(=O)(=O)c3ccc(C)cc3)CC2)CC1. The van der Waals surface area contributed by atoms with Crippen molar-refractivity contribution in [1.29, 1.82) is 0 Å². The smallest absolute Gasteiger partial charge is 0.243 e. The van der Waals surface area contributed by atoms with Crippen molar-refractivity contribution in [3.63, 3.8) is 0 Å². The number of nitrogens with zero attached hydrogens (tertiary/aromatic N) is 2. The van der Waals surface area contributed by atoms with Crippen molar-refractivity contribution in [2.75, 3.05) is 32.7 Å². The maximum absolute atomic E-state index is 12.8. The second kappa shape index (κ2) is 9.37. The maximum Gasteiger partial charge on any atom is 0.243 e. The summed E-state index contributed by atoms with van der Waals surface area (Å²) in [7, 11) is -3.47. The Bertz CT molecular complexity index is 748. The second-order valence-corrected chi connectivity index (χ2v) is 10.1. The third-order valence-electron chi connectivity index (χ3n) is 5.96. The minimum Gasteiger partial charge on any atom is -0.353 e. The summed E-state index contributed by atoms with van der Waals surface area (Å²) in [6.07, 6.45) is 4.36. The topological polar surface area (TPSA) is 69.7 Å². The fraction of sp³-hybridized carbons (Fsp3) is 0.667. The molecule has 7 heteroatoms. The van der Waals surface area contributed by atoms with Gasteiger partial charge in [0.05, 0.1) is 4.90 Å². The number of likely N-dealkylation sites (tertiary alicyclic amines) is 1.